The largest absolute Gasteiger partial charge is 0.444 e. The highest BCUT2D eigenvalue weighted by Crippen LogP contribution is 2.18. The molecule has 1 saturated heterocycles. The minimum absolute atomic E-state index is 0.0691. The van der Waals surface area contributed by atoms with Crippen LogP contribution in [0.15, 0.2) is 24.3 Å². The maximum atomic E-state index is 12.3. The quantitative estimate of drug-likeness (QED) is 0.851. The molecule has 1 aromatic rings. The van der Waals surface area contributed by atoms with E-state index in [9.17, 15) is 14.4 Å². The molecule has 1 aliphatic rings. The number of rotatable bonds is 3. The van der Waals surface area contributed by atoms with Gasteiger partial charge in [-0.15, -0.1) is 0 Å². The first-order chi connectivity index (χ1) is 11.2. The molecule has 1 aliphatic heterocycles. The number of nitrogens with zero attached hydrogens (tertiary/aromatic N) is 2. The summed E-state index contributed by atoms with van der Waals surface area (Å²) in [7, 11) is 0. The number of carbonyl (C=O) groups is 3. The van der Waals surface area contributed by atoms with Crippen molar-refractivity contribution in [2.24, 2.45) is 0 Å². The molecular weight excluding hydrogens is 310 g/mol. The lowest BCUT2D eigenvalue weighted by Crippen LogP contribution is -2.43. The number of likely N-dealkylation sites (tertiary alicyclic amines) is 1. The molecule has 0 unspecified atom stereocenters. The summed E-state index contributed by atoms with van der Waals surface area (Å²) in [4.78, 5) is 37.3. The molecule has 24 heavy (non-hydrogen) atoms. The number of nitrogens with one attached hydrogen (secondary N) is 1. The van der Waals surface area contributed by atoms with Gasteiger partial charge in [-0.25, -0.2) is 4.79 Å². The van der Waals surface area contributed by atoms with Gasteiger partial charge in [-0.05, 0) is 38.5 Å². The van der Waals surface area contributed by atoms with Gasteiger partial charge in [0.1, 0.15) is 11.6 Å². The molecule has 1 atom stereocenters. The van der Waals surface area contributed by atoms with Gasteiger partial charge >= 0.3 is 6.09 Å². The Morgan fingerprint density at radius 1 is 1.42 bits per heavy atom. The fraction of sp³-hybridized carbons (Fsp3) is 0.412. The topological polar surface area (TPSA) is 99.5 Å². The molecule has 3 amide bonds. The number of nitriles is 1. The van der Waals surface area contributed by atoms with Crippen LogP contribution in [0.25, 0.3) is 0 Å². The third kappa shape index (κ3) is 4.32. The predicted octanol–water partition coefficient (Wildman–Crippen LogP) is 1.71. The zero-order chi connectivity index (χ0) is 17.9. The zero-order valence-electron chi connectivity index (χ0n) is 13.8. The highest BCUT2D eigenvalue weighted by molar-refractivity contribution is 6.06. The van der Waals surface area contributed by atoms with Crippen molar-refractivity contribution < 1.29 is 19.1 Å². The van der Waals surface area contributed by atoms with E-state index in [0.29, 0.717) is 11.1 Å². The molecule has 7 heteroatoms. The van der Waals surface area contributed by atoms with Crippen molar-refractivity contribution in [3.8, 4) is 6.07 Å². The first-order valence-electron chi connectivity index (χ1n) is 7.52. The van der Waals surface area contributed by atoms with Crippen LogP contribution in [0.1, 0.15) is 38.3 Å². The summed E-state index contributed by atoms with van der Waals surface area (Å²) in [5, 5.41) is 11.3. The van der Waals surface area contributed by atoms with Crippen LogP contribution in [-0.2, 0) is 20.9 Å². The van der Waals surface area contributed by atoms with Crippen LogP contribution in [0.2, 0.25) is 0 Å². The SMILES string of the molecule is CC(C)(C)OC(=O)N[C@H]1CC(=O)N(Cc2cccc(C#N)c2)C1=O. The Hall–Kier alpha value is -2.88. The number of ether oxygens (including phenoxy) is 1. The predicted molar refractivity (Wildman–Crippen MR) is 84.5 cm³/mol. The molecule has 1 N–H and O–H groups in total. The molecule has 1 heterocycles. The van der Waals surface area contributed by atoms with Gasteiger partial charge < -0.3 is 10.1 Å². The second-order valence-electron chi connectivity index (χ2n) is 6.53. The summed E-state index contributed by atoms with van der Waals surface area (Å²) in [6.07, 6.45) is -0.835. The first kappa shape index (κ1) is 17.5. The van der Waals surface area contributed by atoms with Crippen molar-refractivity contribution in [2.75, 3.05) is 0 Å². The van der Waals surface area contributed by atoms with Gasteiger partial charge in [0.15, 0.2) is 0 Å². The summed E-state index contributed by atoms with van der Waals surface area (Å²) in [6, 6.07) is 7.77. The normalized spacial score (nSPS) is 17.6. The van der Waals surface area contributed by atoms with Crippen LogP contribution in [0.4, 0.5) is 4.79 Å². The summed E-state index contributed by atoms with van der Waals surface area (Å²) in [5.41, 5.74) is 0.441. The van der Waals surface area contributed by atoms with Gasteiger partial charge in [-0.1, -0.05) is 12.1 Å². The fourth-order valence-electron chi connectivity index (χ4n) is 2.33. The number of carbonyl (C=O) groups excluding carboxylic acids is 3. The number of hydrogen-bond acceptors (Lipinski definition) is 5. The van der Waals surface area contributed by atoms with E-state index in [1.165, 1.54) is 0 Å². The van der Waals surface area contributed by atoms with Gasteiger partial charge in [0.25, 0.3) is 5.91 Å². The van der Waals surface area contributed by atoms with Gasteiger partial charge in [-0.2, -0.15) is 5.26 Å². The van der Waals surface area contributed by atoms with Crippen LogP contribution >= 0.6 is 0 Å². The molecule has 7 nitrogen and oxygen atoms in total. The van der Waals surface area contributed by atoms with Crippen molar-refractivity contribution in [3.63, 3.8) is 0 Å². The molecule has 126 valence electrons. The molecular formula is C17H19N3O4. The van der Waals surface area contributed by atoms with E-state index in [1.807, 2.05) is 6.07 Å². The molecule has 0 bridgehead atoms. The van der Waals surface area contributed by atoms with Crippen LogP contribution in [0.3, 0.4) is 0 Å². The average molecular weight is 329 g/mol. The monoisotopic (exact) mass is 329 g/mol. The Labute approximate surface area is 140 Å². The van der Waals surface area contributed by atoms with Crippen LogP contribution in [0.5, 0.6) is 0 Å². The number of amides is 3. The van der Waals surface area contributed by atoms with Crippen molar-refractivity contribution in [2.45, 2.75) is 45.4 Å². The second kappa shape index (κ2) is 6.71. The minimum atomic E-state index is -0.925. The summed E-state index contributed by atoms with van der Waals surface area (Å²) >= 11 is 0. The van der Waals surface area contributed by atoms with E-state index in [-0.39, 0.29) is 18.9 Å². The highest BCUT2D eigenvalue weighted by Gasteiger charge is 2.40. The molecule has 2 rings (SSSR count). The van der Waals surface area contributed by atoms with Crippen LogP contribution < -0.4 is 5.32 Å². The molecule has 1 aromatic carbocycles. The Balaban J connectivity index is 2.03. The van der Waals surface area contributed by atoms with E-state index < -0.39 is 23.6 Å². The van der Waals surface area contributed by atoms with E-state index in [4.69, 9.17) is 10.00 Å². The molecule has 1 fully saturated rings. The van der Waals surface area contributed by atoms with Crippen LogP contribution in [-0.4, -0.2) is 34.5 Å². The van der Waals surface area contributed by atoms with Crippen molar-refractivity contribution >= 4 is 17.9 Å². The third-order valence-electron chi connectivity index (χ3n) is 3.33. The maximum Gasteiger partial charge on any atom is 0.408 e. The standard InChI is InChI=1S/C17H19N3O4/c1-17(2,3)24-16(23)19-13-8-14(21)20(15(13)22)10-12-6-4-5-11(7-12)9-18/h4-7,13H,8,10H2,1-3H3,(H,19,23)/t13-/m0/s1. The molecule has 0 radical (unpaired) electrons. The summed E-state index contributed by atoms with van der Waals surface area (Å²) in [5.74, 6) is -0.850. The summed E-state index contributed by atoms with van der Waals surface area (Å²) in [6.45, 7) is 5.20. The van der Waals surface area contributed by atoms with Gasteiger partial charge in [0, 0.05) is 0 Å². The highest BCUT2D eigenvalue weighted by atomic mass is 16.6. The molecule has 0 aliphatic carbocycles. The van der Waals surface area contributed by atoms with Gasteiger partial charge in [0.2, 0.25) is 5.91 Å². The Morgan fingerprint density at radius 3 is 2.75 bits per heavy atom. The Kier molecular flexibility index (Phi) is 4.88. The second-order valence-corrected chi connectivity index (χ2v) is 6.53. The maximum absolute atomic E-state index is 12.3. The Bertz CT molecular complexity index is 715. The molecule has 0 spiro atoms. The lowest BCUT2D eigenvalue weighted by Gasteiger charge is -2.21. The van der Waals surface area contributed by atoms with Gasteiger partial charge in [0.05, 0.1) is 24.6 Å². The lowest BCUT2D eigenvalue weighted by atomic mass is 10.1. The first-order valence-corrected chi connectivity index (χ1v) is 7.52. The summed E-state index contributed by atoms with van der Waals surface area (Å²) < 4.78 is 5.10. The Morgan fingerprint density at radius 2 is 2.12 bits per heavy atom. The van der Waals surface area contributed by atoms with E-state index in [2.05, 4.69) is 5.32 Å². The smallest absolute Gasteiger partial charge is 0.408 e. The lowest BCUT2D eigenvalue weighted by molar-refractivity contribution is -0.139. The number of hydrogen-bond donors (Lipinski definition) is 1. The third-order valence-corrected chi connectivity index (χ3v) is 3.33. The fourth-order valence-corrected chi connectivity index (χ4v) is 2.33. The van der Waals surface area contributed by atoms with Crippen LogP contribution in [0, 0.1) is 11.3 Å². The number of alkyl carbamates (subject to hydrolysis) is 1. The zero-order valence-corrected chi connectivity index (χ0v) is 13.8. The molecule has 0 aromatic heterocycles. The van der Waals surface area contributed by atoms with Gasteiger partial charge in [-0.3, -0.25) is 14.5 Å². The van der Waals surface area contributed by atoms with Crippen molar-refractivity contribution in [1.82, 2.24) is 10.2 Å². The van der Waals surface area contributed by atoms with Crippen molar-refractivity contribution in [3.05, 3.63) is 35.4 Å². The van der Waals surface area contributed by atoms with E-state index >= 15 is 0 Å². The van der Waals surface area contributed by atoms with E-state index in [0.717, 1.165) is 4.90 Å². The average Bonchev–Trinajstić information content (AvgIpc) is 2.73. The minimum Gasteiger partial charge on any atom is -0.444 e. The number of benzene rings is 1. The molecule has 0 saturated carbocycles. The van der Waals surface area contributed by atoms with E-state index in [1.54, 1.807) is 45.0 Å². The van der Waals surface area contributed by atoms with Crippen molar-refractivity contribution in [1.29, 1.82) is 5.26 Å². The number of imide groups is 1.